The van der Waals surface area contributed by atoms with E-state index in [0.717, 1.165) is 7.11 Å². The van der Waals surface area contributed by atoms with E-state index in [1.54, 1.807) is 13.0 Å². The number of nitro groups is 1. The zero-order valence-corrected chi connectivity index (χ0v) is 8.68. The number of benzene rings is 1. The van der Waals surface area contributed by atoms with Crippen LogP contribution >= 0.6 is 0 Å². The van der Waals surface area contributed by atoms with E-state index in [9.17, 15) is 14.9 Å². The fraction of sp³-hybridized carbons (Fsp3) is 0.200. The lowest BCUT2D eigenvalue weighted by Crippen LogP contribution is -2.07. The van der Waals surface area contributed by atoms with Crippen molar-refractivity contribution < 1.29 is 14.5 Å². The first-order valence-corrected chi connectivity index (χ1v) is 4.28. The lowest BCUT2D eigenvalue weighted by atomic mass is 10.0. The molecule has 0 atom stereocenters. The first-order chi connectivity index (χ1) is 7.51. The van der Waals surface area contributed by atoms with Crippen molar-refractivity contribution in [3.05, 3.63) is 38.9 Å². The van der Waals surface area contributed by atoms with Gasteiger partial charge in [-0.25, -0.2) is 4.79 Å². The molecule has 0 saturated heterocycles. The van der Waals surface area contributed by atoms with Crippen LogP contribution in [0.2, 0.25) is 0 Å². The van der Waals surface area contributed by atoms with Crippen LogP contribution in [0, 0.1) is 28.4 Å². The molecule has 0 saturated carbocycles. The average Bonchev–Trinajstić information content (AvgIpc) is 2.26. The summed E-state index contributed by atoms with van der Waals surface area (Å²) in [5, 5.41) is 19.5. The second kappa shape index (κ2) is 4.40. The molecule has 1 rings (SSSR count). The zero-order chi connectivity index (χ0) is 12.3. The topological polar surface area (TPSA) is 93.2 Å². The summed E-state index contributed by atoms with van der Waals surface area (Å²) in [7, 11) is 1.15. The molecule has 0 heterocycles. The lowest BCUT2D eigenvalue weighted by molar-refractivity contribution is -0.385. The largest absolute Gasteiger partial charge is 0.465 e. The van der Waals surface area contributed by atoms with E-state index in [-0.39, 0.29) is 16.8 Å². The van der Waals surface area contributed by atoms with Gasteiger partial charge in [-0.2, -0.15) is 5.26 Å². The normalized spacial score (nSPS) is 9.31. The molecule has 6 nitrogen and oxygen atoms in total. The van der Waals surface area contributed by atoms with E-state index >= 15 is 0 Å². The Hall–Kier alpha value is -2.42. The number of nitro benzene ring substituents is 1. The highest BCUT2D eigenvalue weighted by molar-refractivity contribution is 5.93. The minimum Gasteiger partial charge on any atom is -0.465 e. The molecule has 0 spiro atoms. The Morgan fingerprint density at radius 1 is 1.56 bits per heavy atom. The van der Waals surface area contributed by atoms with Crippen molar-refractivity contribution in [3.63, 3.8) is 0 Å². The monoisotopic (exact) mass is 220 g/mol. The molecule has 0 amide bonds. The van der Waals surface area contributed by atoms with Crippen molar-refractivity contribution in [2.24, 2.45) is 0 Å². The van der Waals surface area contributed by atoms with Gasteiger partial charge in [-0.05, 0) is 18.6 Å². The van der Waals surface area contributed by atoms with Crippen molar-refractivity contribution in [2.45, 2.75) is 6.92 Å². The number of rotatable bonds is 2. The second-order valence-corrected chi connectivity index (χ2v) is 3.07. The van der Waals surface area contributed by atoms with Gasteiger partial charge in [-0.3, -0.25) is 10.1 Å². The number of ether oxygens (including phenoxy) is 1. The Labute approximate surface area is 91.2 Å². The predicted octanol–water partition coefficient (Wildman–Crippen LogP) is 1.56. The third kappa shape index (κ3) is 1.98. The molecule has 0 radical (unpaired) electrons. The smallest absolute Gasteiger partial charge is 0.339 e. The summed E-state index contributed by atoms with van der Waals surface area (Å²) >= 11 is 0. The zero-order valence-electron chi connectivity index (χ0n) is 8.68. The Morgan fingerprint density at radius 3 is 2.62 bits per heavy atom. The lowest BCUT2D eigenvalue weighted by Gasteiger charge is -2.04. The van der Waals surface area contributed by atoms with Crippen molar-refractivity contribution in [2.75, 3.05) is 7.11 Å². The van der Waals surface area contributed by atoms with Crippen LogP contribution in [0.1, 0.15) is 21.5 Å². The van der Waals surface area contributed by atoms with Gasteiger partial charge in [0.25, 0.3) is 5.69 Å². The maximum atomic E-state index is 11.3. The van der Waals surface area contributed by atoms with Crippen LogP contribution in [0.4, 0.5) is 5.69 Å². The third-order valence-corrected chi connectivity index (χ3v) is 1.98. The molecule has 0 aromatic heterocycles. The number of carbonyl (C=O) groups is 1. The van der Waals surface area contributed by atoms with E-state index in [1.807, 2.05) is 0 Å². The fourth-order valence-corrected chi connectivity index (χ4v) is 1.30. The first kappa shape index (κ1) is 11.7. The maximum Gasteiger partial charge on any atom is 0.339 e. The second-order valence-electron chi connectivity index (χ2n) is 3.07. The molecule has 0 bridgehead atoms. The molecule has 6 heteroatoms. The third-order valence-electron chi connectivity index (χ3n) is 1.98. The van der Waals surface area contributed by atoms with Crippen molar-refractivity contribution in [1.82, 2.24) is 0 Å². The van der Waals surface area contributed by atoms with Crippen molar-refractivity contribution in [3.8, 4) is 6.07 Å². The van der Waals surface area contributed by atoms with Crippen LogP contribution in [0.3, 0.4) is 0 Å². The fourth-order valence-electron chi connectivity index (χ4n) is 1.30. The molecule has 0 aliphatic heterocycles. The summed E-state index contributed by atoms with van der Waals surface area (Å²) in [6.07, 6.45) is 0. The maximum absolute atomic E-state index is 11.3. The number of carbonyl (C=O) groups excluding carboxylic acids is 1. The SMILES string of the molecule is COC(=O)c1cc(C)cc([N+](=O)[O-])c1C#N. The molecule has 1 aromatic rings. The highest BCUT2D eigenvalue weighted by Crippen LogP contribution is 2.24. The Kier molecular flexibility index (Phi) is 3.20. The highest BCUT2D eigenvalue weighted by Gasteiger charge is 2.23. The molecule has 0 aliphatic rings. The van der Waals surface area contributed by atoms with Crippen molar-refractivity contribution >= 4 is 11.7 Å². The standard InChI is InChI=1S/C10H8N2O4/c1-6-3-7(10(13)16-2)8(5-11)9(4-6)12(14)15/h3-4H,1-2H3. The quantitative estimate of drug-likeness (QED) is 0.428. The summed E-state index contributed by atoms with van der Waals surface area (Å²) < 4.78 is 4.46. The number of nitrogens with zero attached hydrogens (tertiary/aromatic N) is 2. The summed E-state index contributed by atoms with van der Waals surface area (Å²) in [5.41, 5.74) is -0.229. The van der Waals surface area contributed by atoms with Crippen LogP contribution in [0.5, 0.6) is 0 Å². The predicted molar refractivity (Wildman–Crippen MR) is 53.9 cm³/mol. The summed E-state index contributed by atoms with van der Waals surface area (Å²) in [4.78, 5) is 21.3. The molecule has 0 unspecified atom stereocenters. The Bertz CT molecular complexity index is 502. The molecular weight excluding hydrogens is 212 g/mol. The number of aryl methyl sites for hydroxylation is 1. The van der Waals surface area contributed by atoms with E-state index in [0.29, 0.717) is 5.56 Å². The first-order valence-electron chi connectivity index (χ1n) is 4.28. The number of hydrogen-bond donors (Lipinski definition) is 0. The molecule has 1 aromatic carbocycles. The minimum absolute atomic E-state index is 0.0864. The average molecular weight is 220 g/mol. The van der Waals surface area contributed by atoms with E-state index in [2.05, 4.69) is 4.74 Å². The Morgan fingerprint density at radius 2 is 2.19 bits per heavy atom. The van der Waals surface area contributed by atoms with E-state index < -0.39 is 10.9 Å². The van der Waals surface area contributed by atoms with Crippen LogP contribution in [0.25, 0.3) is 0 Å². The molecule has 0 aliphatic carbocycles. The number of esters is 1. The van der Waals surface area contributed by atoms with Gasteiger partial charge in [0, 0.05) is 6.07 Å². The van der Waals surface area contributed by atoms with Gasteiger partial charge in [-0.1, -0.05) is 0 Å². The molecule has 16 heavy (non-hydrogen) atoms. The number of hydrogen-bond acceptors (Lipinski definition) is 5. The van der Waals surface area contributed by atoms with E-state index in [4.69, 9.17) is 5.26 Å². The van der Waals surface area contributed by atoms with Crippen LogP contribution in [-0.4, -0.2) is 18.0 Å². The van der Waals surface area contributed by atoms with Gasteiger partial charge in [0.2, 0.25) is 0 Å². The summed E-state index contributed by atoms with van der Waals surface area (Å²) in [6.45, 7) is 1.60. The molecule has 82 valence electrons. The van der Waals surface area contributed by atoms with Crippen LogP contribution in [-0.2, 0) is 4.74 Å². The molecule has 0 fully saturated rings. The van der Waals surface area contributed by atoms with Gasteiger partial charge in [0.1, 0.15) is 11.6 Å². The van der Waals surface area contributed by atoms with Crippen molar-refractivity contribution in [1.29, 1.82) is 5.26 Å². The van der Waals surface area contributed by atoms with Gasteiger partial charge in [-0.15, -0.1) is 0 Å². The molecule has 0 N–H and O–H groups in total. The van der Waals surface area contributed by atoms with Gasteiger partial charge in [0.15, 0.2) is 0 Å². The van der Waals surface area contributed by atoms with Crippen LogP contribution < -0.4 is 0 Å². The van der Waals surface area contributed by atoms with Crippen LogP contribution in [0.15, 0.2) is 12.1 Å². The number of nitriles is 1. The van der Waals surface area contributed by atoms with Gasteiger partial charge < -0.3 is 4.74 Å². The number of methoxy groups -OCH3 is 1. The molecular formula is C10H8N2O4. The Balaban J connectivity index is 3.56. The summed E-state index contributed by atoms with van der Waals surface area (Å²) in [5.74, 6) is -0.761. The van der Waals surface area contributed by atoms with Gasteiger partial charge >= 0.3 is 5.97 Å². The summed E-state index contributed by atoms with van der Waals surface area (Å²) in [6, 6.07) is 4.27. The minimum atomic E-state index is -0.761. The van der Waals surface area contributed by atoms with Gasteiger partial charge in [0.05, 0.1) is 17.6 Å². The van der Waals surface area contributed by atoms with E-state index in [1.165, 1.54) is 12.1 Å². The highest BCUT2D eigenvalue weighted by atomic mass is 16.6.